The number of halogens is 2. The molecule has 0 bridgehead atoms. The Bertz CT molecular complexity index is 1170. The first-order chi connectivity index (χ1) is 14.1. The molecule has 1 aromatic heterocycles. The molecule has 0 amide bonds. The number of hydrogen-bond donors (Lipinski definition) is 2. The highest BCUT2D eigenvalue weighted by molar-refractivity contribution is 5.97. The average molecular weight is 391 g/mol. The van der Waals surface area contributed by atoms with Crippen LogP contribution in [0.15, 0.2) is 67.0 Å². The zero-order chi connectivity index (χ0) is 20.4. The SMILES string of the molecule is CCN(c1ncnc(Nc2ccc(F)cc2F)c1N)c1cccc2ccccc12. The fourth-order valence-corrected chi connectivity index (χ4v) is 3.30. The molecule has 0 saturated carbocycles. The Morgan fingerprint density at radius 3 is 2.59 bits per heavy atom. The molecule has 146 valence electrons. The first kappa shape index (κ1) is 18.6. The van der Waals surface area contributed by atoms with Crippen molar-refractivity contribution in [2.75, 3.05) is 22.5 Å². The Kier molecular flexibility index (Phi) is 4.95. The Morgan fingerprint density at radius 2 is 1.79 bits per heavy atom. The number of fused-ring (bicyclic) bond motifs is 1. The molecule has 3 aromatic carbocycles. The van der Waals surface area contributed by atoms with E-state index in [4.69, 9.17) is 5.73 Å². The van der Waals surface area contributed by atoms with E-state index in [1.54, 1.807) is 0 Å². The Balaban J connectivity index is 1.77. The van der Waals surface area contributed by atoms with Gasteiger partial charge in [0.15, 0.2) is 11.6 Å². The topological polar surface area (TPSA) is 67.1 Å². The summed E-state index contributed by atoms with van der Waals surface area (Å²) in [6.07, 6.45) is 1.36. The summed E-state index contributed by atoms with van der Waals surface area (Å²) in [4.78, 5) is 10.5. The third-order valence-corrected chi connectivity index (χ3v) is 4.68. The van der Waals surface area contributed by atoms with Crippen LogP contribution < -0.4 is 16.0 Å². The van der Waals surface area contributed by atoms with Gasteiger partial charge in [-0.05, 0) is 30.5 Å². The lowest BCUT2D eigenvalue weighted by molar-refractivity contribution is 0.586. The largest absolute Gasteiger partial charge is 0.393 e. The van der Waals surface area contributed by atoms with Crippen LogP contribution in [0.2, 0.25) is 0 Å². The van der Waals surface area contributed by atoms with Crippen molar-refractivity contribution in [2.45, 2.75) is 6.92 Å². The first-order valence-electron chi connectivity index (χ1n) is 9.16. The number of nitrogens with two attached hydrogens (primary N) is 1. The summed E-state index contributed by atoms with van der Waals surface area (Å²) in [6, 6.07) is 17.3. The minimum absolute atomic E-state index is 0.0796. The number of nitrogen functional groups attached to an aromatic ring is 1. The monoisotopic (exact) mass is 391 g/mol. The molecular formula is C22H19F2N5. The molecule has 5 nitrogen and oxygen atoms in total. The van der Waals surface area contributed by atoms with Crippen LogP contribution in [0.3, 0.4) is 0 Å². The molecule has 0 radical (unpaired) electrons. The van der Waals surface area contributed by atoms with Crippen LogP contribution in [0.5, 0.6) is 0 Å². The minimum Gasteiger partial charge on any atom is -0.393 e. The van der Waals surface area contributed by atoms with E-state index < -0.39 is 11.6 Å². The van der Waals surface area contributed by atoms with E-state index in [-0.39, 0.29) is 17.2 Å². The van der Waals surface area contributed by atoms with Gasteiger partial charge in [0.05, 0.1) is 11.4 Å². The van der Waals surface area contributed by atoms with Crippen molar-refractivity contribution in [2.24, 2.45) is 0 Å². The van der Waals surface area contributed by atoms with Gasteiger partial charge in [0.2, 0.25) is 0 Å². The van der Waals surface area contributed by atoms with Gasteiger partial charge in [-0.15, -0.1) is 0 Å². The number of nitrogens with one attached hydrogen (secondary N) is 1. The van der Waals surface area contributed by atoms with Crippen LogP contribution in [0, 0.1) is 11.6 Å². The van der Waals surface area contributed by atoms with Crippen molar-refractivity contribution in [1.82, 2.24) is 9.97 Å². The number of rotatable bonds is 5. The molecule has 0 atom stereocenters. The second-order valence-electron chi connectivity index (χ2n) is 6.45. The Morgan fingerprint density at radius 1 is 1.00 bits per heavy atom. The van der Waals surface area contributed by atoms with Gasteiger partial charge in [0.1, 0.15) is 23.6 Å². The van der Waals surface area contributed by atoms with Gasteiger partial charge in [-0.3, -0.25) is 0 Å². The zero-order valence-corrected chi connectivity index (χ0v) is 15.7. The quantitative estimate of drug-likeness (QED) is 0.477. The average Bonchev–Trinajstić information content (AvgIpc) is 2.73. The summed E-state index contributed by atoms with van der Waals surface area (Å²) < 4.78 is 27.2. The Labute approximate surface area is 166 Å². The number of benzene rings is 3. The molecule has 3 N–H and O–H groups in total. The second-order valence-corrected chi connectivity index (χ2v) is 6.45. The van der Waals surface area contributed by atoms with Crippen LogP contribution in [-0.4, -0.2) is 16.5 Å². The lowest BCUT2D eigenvalue weighted by atomic mass is 10.1. The third kappa shape index (κ3) is 3.54. The van der Waals surface area contributed by atoms with Gasteiger partial charge in [0, 0.05) is 18.0 Å². The highest BCUT2D eigenvalue weighted by Crippen LogP contribution is 2.36. The minimum atomic E-state index is -0.731. The molecule has 4 rings (SSSR count). The fraction of sp³-hybridized carbons (Fsp3) is 0.0909. The molecule has 4 aromatic rings. The van der Waals surface area contributed by atoms with Crippen molar-refractivity contribution >= 4 is 39.5 Å². The lowest BCUT2D eigenvalue weighted by Crippen LogP contribution is -2.20. The van der Waals surface area contributed by atoms with Crippen LogP contribution in [0.4, 0.5) is 37.5 Å². The number of aromatic nitrogens is 2. The molecule has 7 heteroatoms. The highest BCUT2D eigenvalue weighted by atomic mass is 19.1. The molecule has 0 saturated heterocycles. The standard InChI is InChI=1S/C22H19F2N5/c1-2-29(19-9-5-7-14-6-3-4-8-16(14)19)22-20(25)21(26-13-27-22)28-18-11-10-15(23)12-17(18)24/h3-13H,2,25H2,1H3,(H,26,27,28). The molecule has 1 heterocycles. The van der Waals surface area contributed by atoms with Crippen molar-refractivity contribution in [3.8, 4) is 0 Å². The van der Waals surface area contributed by atoms with Crippen molar-refractivity contribution in [1.29, 1.82) is 0 Å². The van der Waals surface area contributed by atoms with E-state index in [9.17, 15) is 8.78 Å². The molecule has 0 aliphatic rings. The van der Waals surface area contributed by atoms with E-state index in [0.717, 1.165) is 28.6 Å². The molecule has 0 unspecified atom stereocenters. The summed E-state index contributed by atoms with van der Waals surface area (Å²) >= 11 is 0. The fourth-order valence-electron chi connectivity index (χ4n) is 3.30. The van der Waals surface area contributed by atoms with Crippen LogP contribution in [0.1, 0.15) is 6.92 Å². The van der Waals surface area contributed by atoms with E-state index in [0.29, 0.717) is 12.4 Å². The second kappa shape index (κ2) is 7.71. The number of nitrogens with zero attached hydrogens (tertiary/aromatic N) is 3. The van der Waals surface area contributed by atoms with E-state index >= 15 is 0 Å². The zero-order valence-electron chi connectivity index (χ0n) is 15.7. The summed E-state index contributed by atoms with van der Waals surface area (Å²) in [5.74, 6) is -0.633. The van der Waals surface area contributed by atoms with E-state index in [1.807, 2.05) is 54.3 Å². The molecule has 0 aliphatic carbocycles. The van der Waals surface area contributed by atoms with Crippen LogP contribution >= 0.6 is 0 Å². The van der Waals surface area contributed by atoms with Gasteiger partial charge in [-0.1, -0.05) is 36.4 Å². The van der Waals surface area contributed by atoms with Gasteiger partial charge in [-0.2, -0.15) is 0 Å². The van der Waals surface area contributed by atoms with E-state index in [1.165, 1.54) is 12.4 Å². The predicted octanol–water partition coefficient (Wildman–Crippen LogP) is 5.39. The van der Waals surface area contributed by atoms with Crippen LogP contribution in [-0.2, 0) is 0 Å². The maximum atomic E-state index is 14.0. The number of anilines is 5. The smallest absolute Gasteiger partial charge is 0.161 e. The summed E-state index contributed by atoms with van der Waals surface area (Å²) in [5, 5.41) is 4.99. The summed E-state index contributed by atoms with van der Waals surface area (Å²) in [7, 11) is 0. The Hall–Kier alpha value is -3.74. The number of hydrogen-bond acceptors (Lipinski definition) is 5. The van der Waals surface area contributed by atoms with Gasteiger partial charge >= 0.3 is 0 Å². The maximum absolute atomic E-state index is 14.0. The third-order valence-electron chi connectivity index (χ3n) is 4.68. The molecule has 0 fully saturated rings. The van der Waals surface area contributed by atoms with Gasteiger partial charge in [-0.25, -0.2) is 18.7 Å². The molecular weight excluding hydrogens is 372 g/mol. The van der Waals surface area contributed by atoms with Crippen molar-refractivity contribution in [3.63, 3.8) is 0 Å². The van der Waals surface area contributed by atoms with E-state index in [2.05, 4.69) is 15.3 Å². The summed E-state index contributed by atoms with van der Waals surface area (Å²) in [5.41, 5.74) is 7.65. The van der Waals surface area contributed by atoms with Gasteiger partial charge in [0.25, 0.3) is 0 Å². The van der Waals surface area contributed by atoms with Crippen molar-refractivity contribution in [3.05, 3.63) is 78.6 Å². The van der Waals surface area contributed by atoms with Crippen LogP contribution in [0.25, 0.3) is 10.8 Å². The predicted molar refractivity (Wildman–Crippen MR) is 113 cm³/mol. The van der Waals surface area contributed by atoms with Gasteiger partial charge < -0.3 is 16.0 Å². The first-order valence-corrected chi connectivity index (χ1v) is 9.16. The van der Waals surface area contributed by atoms with Crippen molar-refractivity contribution < 1.29 is 8.78 Å². The lowest BCUT2D eigenvalue weighted by Gasteiger charge is -2.25. The molecule has 0 aliphatic heterocycles. The molecule has 0 spiro atoms. The summed E-state index contributed by atoms with van der Waals surface area (Å²) in [6.45, 7) is 2.61. The highest BCUT2D eigenvalue weighted by Gasteiger charge is 2.18. The maximum Gasteiger partial charge on any atom is 0.161 e. The molecule has 29 heavy (non-hydrogen) atoms. The normalized spacial score (nSPS) is 10.9.